The average molecular weight is 356 g/mol. The van der Waals surface area contributed by atoms with Gasteiger partial charge in [-0.2, -0.15) is 0 Å². The van der Waals surface area contributed by atoms with Crippen molar-refractivity contribution in [2.24, 2.45) is 0 Å². The normalized spacial score (nSPS) is 12.7. The summed E-state index contributed by atoms with van der Waals surface area (Å²) < 4.78 is 40.2. The highest BCUT2D eigenvalue weighted by molar-refractivity contribution is 9.10. The molecule has 20 heavy (non-hydrogen) atoms. The van der Waals surface area contributed by atoms with E-state index in [0.717, 1.165) is 6.07 Å². The highest BCUT2D eigenvalue weighted by Crippen LogP contribution is 2.31. The molecule has 0 aliphatic rings. The van der Waals surface area contributed by atoms with Crippen LogP contribution in [0, 0.1) is 0 Å². The van der Waals surface area contributed by atoms with Crippen molar-refractivity contribution in [2.45, 2.75) is 19.3 Å². The number of hydrogen-bond donors (Lipinski definition) is 2. The Kier molecular flexibility index (Phi) is 4.98. The summed E-state index contributed by atoms with van der Waals surface area (Å²) in [6.07, 6.45) is -4.90. The first-order valence-corrected chi connectivity index (χ1v) is 5.98. The fraction of sp³-hybridized carbons (Fsp3) is 0.273. The van der Waals surface area contributed by atoms with Crippen molar-refractivity contribution in [3.8, 4) is 5.75 Å². The summed E-state index contributed by atoms with van der Waals surface area (Å²) >= 11 is 2.86. The Morgan fingerprint density at radius 1 is 1.40 bits per heavy atom. The predicted octanol–water partition coefficient (Wildman–Crippen LogP) is 2.55. The van der Waals surface area contributed by atoms with Gasteiger partial charge in [-0.15, -0.1) is 13.2 Å². The van der Waals surface area contributed by atoms with E-state index in [2.05, 4.69) is 26.0 Å². The van der Waals surface area contributed by atoms with Gasteiger partial charge >= 0.3 is 12.3 Å². The molecular formula is C11H9BrF3NO4. The van der Waals surface area contributed by atoms with E-state index in [4.69, 9.17) is 5.11 Å². The fourth-order valence-corrected chi connectivity index (χ4v) is 1.52. The van der Waals surface area contributed by atoms with Gasteiger partial charge in [0.25, 0.3) is 5.91 Å². The number of halogens is 4. The number of alkyl halides is 3. The molecule has 5 nitrogen and oxygen atoms in total. The van der Waals surface area contributed by atoms with E-state index in [1.165, 1.54) is 19.1 Å². The van der Waals surface area contributed by atoms with Crippen molar-refractivity contribution in [2.75, 3.05) is 0 Å². The SMILES string of the molecule is C[C@H](NC(=O)c1ccc(Br)c(OC(F)(F)F)c1)C(=O)O. The number of carboxylic acid groups (broad SMARTS) is 1. The molecule has 0 heterocycles. The van der Waals surface area contributed by atoms with Gasteiger partial charge in [-0.05, 0) is 41.1 Å². The van der Waals surface area contributed by atoms with E-state index in [1.807, 2.05) is 0 Å². The van der Waals surface area contributed by atoms with E-state index >= 15 is 0 Å². The molecule has 9 heteroatoms. The minimum absolute atomic E-state index is 0.0117. The lowest BCUT2D eigenvalue weighted by atomic mass is 10.2. The number of rotatable bonds is 4. The van der Waals surface area contributed by atoms with Crippen LogP contribution in [0.3, 0.4) is 0 Å². The van der Waals surface area contributed by atoms with E-state index < -0.39 is 30.0 Å². The molecule has 1 amide bonds. The zero-order valence-corrected chi connectivity index (χ0v) is 11.6. The molecule has 0 saturated heterocycles. The number of benzene rings is 1. The van der Waals surface area contributed by atoms with Gasteiger partial charge in [0, 0.05) is 5.56 Å². The van der Waals surface area contributed by atoms with Crippen molar-refractivity contribution in [3.05, 3.63) is 28.2 Å². The highest BCUT2D eigenvalue weighted by atomic mass is 79.9. The molecule has 0 aliphatic carbocycles. The molecule has 1 rings (SSSR count). The maximum absolute atomic E-state index is 12.1. The number of nitrogens with one attached hydrogen (secondary N) is 1. The predicted molar refractivity (Wildman–Crippen MR) is 65.4 cm³/mol. The average Bonchev–Trinajstić information content (AvgIpc) is 2.29. The Bertz CT molecular complexity index is 533. The van der Waals surface area contributed by atoms with Crippen LogP contribution in [-0.4, -0.2) is 29.4 Å². The Hall–Kier alpha value is -1.77. The zero-order chi connectivity index (χ0) is 15.5. The van der Waals surface area contributed by atoms with Crippen LogP contribution >= 0.6 is 15.9 Å². The minimum atomic E-state index is -4.90. The lowest BCUT2D eigenvalue weighted by molar-refractivity contribution is -0.274. The van der Waals surface area contributed by atoms with E-state index in [0.29, 0.717) is 0 Å². The Balaban J connectivity index is 2.94. The second-order valence-corrected chi connectivity index (χ2v) is 4.58. The standard InChI is InChI=1S/C11H9BrF3NO4/c1-5(10(18)19)16-9(17)6-2-3-7(12)8(4-6)20-11(13,14)15/h2-5H,1H3,(H,16,17)(H,18,19)/t5-/m0/s1. The summed E-state index contributed by atoms with van der Waals surface area (Å²) in [4.78, 5) is 22.2. The van der Waals surface area contributed by atoms with Gasteiger partial charge in [0.1, 0.15) is 11.8 Å². The summed E-state index contributed by atoms with van der Waals surface area (Å²) in [5.74, 6) is -2.67. The second kappa shape index (κ2) is 6.12. The first-order chi connectivity index (χ1) is 9.10. The van der Waals surface area contributed by atoms with Gasteiger partial charge < -0.3 is 15.2 Å². The largest absolute Gasteiger partial charge is 0.573 e. The van der Waals surface area contributed by atoms with Crippen molar-refractivity contribution < 1.29 is 32.6 Å². The van der Waals surface area contributed by atoms with Gasteiger partial charge in [-0.3, -0.25) is 9.59 Å². The number of hydrogen-bond acceptors (Lipinski definition) is 3. The van der Waals surface area contributed by atoms with Crippen LogP contribution in [0.15, 0.2) is 22.7 Å². The molecule has 0 spiro atoms. The van der Waals surface area contributed by atoms with Crippen molar-refractivity contribution >= 4 is 27.8 Å². The minimum Gasteiger partial charge on any atom is -0.480 e. The summed E-state index contributed by atoms with van der Waals surface area (Å²) in [6, 6.07) is 2.12. The summed E-state index contributed by atoms with van der Waals surface area (Å²) in [5, 5.41) is 10.7. The van der Waals surface area contributed by atoms with E-state index in [9.17, 15) is 22.8 Å². The number of aliphatic carboxylic acids is 1. The third kappa shape index (κ3) is 4.72. The molecule has 0 radical (unpaired) electrons. The van der Waals surface area contributed by atoms with Gasteiger partial charge in [0.15, 0.2) is 0 Å². The molecule has 1 aromatic rings. The lowest BCUT2D eigenvalue weighted by Crippen LogP contribution is -2.38. The first-order valence-electron chi connectivity index (χ1n) is 5.19. The number of amides is 1. The zero-order valence-electron chi connectivity index (χ0n) is 9.99. The van der Waals surface area contributed by atoms with Crippen LogP contribution in [0.25, 0.3) is 0 Å². The summed E-state index contributed by atoms with van der Waals surface area (Å²) in [6.45, 7) is 1.23. The van der Waals surface area contributed by atoms with Crippen LogP contribution in [-0.2, 0) is 4.79 Å². The molecule has 110 valence electrons. The topological polar surface area (TPSA) is 75.6 Å². The number of carboxylic acids is 1. The van der Waals surface area contributed by atoms with Crippen LogP contribution < -0.4 is 10.1 Å². The van der Waals surface area contributed by atoms with Crippen LogP contribution in [0.2, 0.25) is 0 Å². The molecule has 0 saturated carbocycles. The second-order valence-electron chi connectivity index (χ2n) is 3.73. The van der Waals surface area contributed by atoms with E-state index in [-0.39, 0.29) is 10.0 Å². The van der Waals surface area contributed by atoms with Crippen molar-refractivity contribution in [1.82, 2.24) is 5.32 Å². The molecule has 0 unspecified atom stereocenters. The highest BCUT2D eigenvalue weighted by Gasteiger charge is 2.32. The quantitative estimate of drug-likeness (QED) is 0.870. The summed E-state index contributed by atoms with van der Waals surface area (Å²) in [5.41, 5.74) is -0.152. The Morgan fingerprint density at radius 2 is 2.00 bits per heavy atom. The number of carbonyl (C=O) groups is 2. The van der Waals surface area contributed by atoms with Crippen LogP contribution in [0.5, 0.6) is 5.75 Å². The van der Waals surface area contributed by atoms with Gasteiger partial charge in [0.2, 0.25) is 0 Å². The maximum Gasteiger partial charge on any atom is 0.573 e. The molecule has 0 aromatic heterocycles. The molecule has 0 aliphatic heterocycles. The third-order valence-electron chi connectivity index (χ3n) is 2.14. The molecule has 1 atom stereocenters. The van der Waals surface area contributed by atoms with Crippen molar-refractivity contribution in [1.29, 1.82) is 0 Å². The smallest absolute Gasteiger partial charge is 0.480 e. The molecule has 2 N–H and O–H groups in total. The monoisotopic (exact) mass is 355 g/mol. The van der Waals surface area contributed by atoms with Crippen LogP contribution in [0.1, 0.15) is 17.3 Å². The maximum atomic E-state index is 12.1. The van der Waals surface area contributed by atoms with Gasteiger partial charge in [-0.25, -0.2) is 0 Å². The molecule has 1 aromatic carbocycles. The Morgan fingerprint density at radius 3 is 2.50 bits per heavy atom. The fourth-order valence-electron chi connectivity index (χ4n) is 1.19. The number of ether oxygens (including phenoxy) is 1. The van der Waals surface area contributed by atoms with Gasteiger partial charge in [0.05, 0.1) is 4.47 Å². The molecule has 0 bridgehead atoms. The van der Waals surface area contributed by atoms with Crippen LogP contribution in [0.4, 0.5) is 13.2 Å². The van der Waals surface area contributed by atoms with E-state index in [1.54, 1.807) is 0 Å². The molecular weight excluding hydrogens is 347 g/mol. The van der Waals surface area contributed by atoms with Gasteiger partial charge in [-0.1, -0.05) is 0 Å². The Labute approximate surface area is 119 Å². The molecule has 0 fully saturated rings. The third-order valence-corrected chi connectivity index (χ3v) is 2.79. The van der Waals surface area contributed by atoms with Crippen molar-refractivity contribution in [3.63, 3.8) is 0 Å². The summed E-state index contributed by atoms with van der Waals surface area (Å²) in [7, 11) is 0. The first kappa shape index (κ1) is 16.3. The lowest BCUT2D eigenvalue weighted by Gasteiger charge is -2.13. The number of carbonyl (C=O) groups excluding carboxylic acids is 1.